The van der Waals surface area contributed by atoms with Gasteiger partial charge in [0.1, 0.15) is 11.5 Å². The Hall–Kier alpha value is -1.95. The number of halogens is 2. The second kappa shape index (κ2) is 6.22. The molecule has 0 aliphatic carbocycles. The van der Waals surface area contributed by atoms with E-state index in [4.69, 9.17) is 0 Å². The number of aromatic amines is 1. The van der Waals surface area contributed by atoms with Crippen LogP contribution in [0.25, 0.3) is 0 Å². The lowest BCUT2D eigenvalue weighted by Gasteiger charge is -2.17. The fraction of sp³-hybridized carbons (Fsp3) is 0.200. The SMILES string of the molecule is CC(=O)c1c[nH]c(C(=O)N(C)Cc2cc(Br)ccc2F)c1. The first-order valence-corrected chi connectivity index (χ1v) is 7.06. The predicted molar refractivity (Wildman–Crippen MR) is 80.7 cm³/mol. The Kier molecular flexibility index (Phi) is 4.57. The molecule has 0 saturated heterocycles. The van der Waals surface area contributed by atoms with Crippen molar-refractivity contribution in [3.8, 4) is 0 Å². The van der Waals surface area contributed by atoms with Crippen LogP contribution in [-0.2, 0) is 6.54 Å². The van der Waals surface area contributed by atoms with Crippen molar-refractivity contribution in [1.29, 1.82) is 0 Å². The second-order valence-electron chi connectivity index (χ2n) is 4.76. The molecule has 4 nitrogen and oxygen atoms in total. The van der Waals surface area contributed by atoms with Crippen LogP contribution in [-0.4, -0.2) is 28.6 Å². The van der Waals surface area contributed by atoms with E-state index in [1.54, 1.807) is 19.2 Å². The Morgan fingerprint density at radius 3 is 2.67 bits per heavy atom. The standard InChI is InChI=1S/C15H14BrFN2O2/c1-9(20)10-6-14(18-7-10)15(21)19(2)8-11-5-12(16)3-4-13(11)17/h3-7,18H,8H2,1-2H3. The molecule has 0 aliphatic heterocycles. The number of carbonyl (C=O) groups excluding carboxylic acids is 2. The topological polar surface area (TPSA) is 53.2 Å². The van der Waals surface area contributed by atoms with Gasteiger partial charge in [0, 0.05) is 35.4 Å². The lowest BCUT2D eigenvalue weighted by atomic mass is 10.2. The molecule has 0 radical (unpaired) electrons. The van der Waals surface area contributed by atoms with E-state index in [2.05, 4.69) is 20.9 Å². The van der Waals surface area contributed by atoms with Gasteiger partial charge < -0.3 is 9.88 Å². The van der Waals surface area contributed by atoms with Crippen LogP contribution in [0.15, 0.2) is 34.9 Å². The highest BCUT2D eigenvalue weighted by Crippen LogP contribution is 2.17. The summed E-state index contributed by atoms with van der Waals surface area (Å²) in [6.45, 7) is 1.57. The Balaban J connectivity index is 2.15. The fourth-order valence-corrected chi connectivity index (χ4v) is 2.33. The Bertz CT molecular complexity index is 697. The summed E-state index contributed by atoms with van der Waals surface area (Å²) in [6, 6.07) is 6.08. The average Bonchev–Trinajstić information content (AvgIpc) is 2.91. The molecule has 0 unspecified atom stereocenters. The van der Waals surface area contributed by atoms with Crippen molar-refractivity contribution < 1.29 is 14.0 Å². The molecule has 0 aliphatic rings. The molecule has 0 atom stereocenters. The minimum Gasteiger partial charge on any atom is -0.356 e. The highest BCUT2D eigenvalue weighted by Gasteiger charge is 2.16. The maximum Gasteiger partial charge on any atom is 0.270 e. The number of Topliss-reactive ketones (excluding diaryl/α,β-unsaturated/α-hetero) is 1. The maximum atomic E-state index is 13.7. The zero-order valence-corrected chi connectivity index (χ0v) is 13.2. The van der Waals surface area contributed by atoms with E-state index in [0.717, 1.165) is 4.47 Å². The molecule has 6 heteroatoms. The molecule has 1 heterocycles. The molecule has 0 bridgehead atoms. The number of nitrogens with one attached hydrogen (secondary N) is 1. The summed E-state index contributed by atoms with van der Waals surface area (Å²) in [6.07, 6.45) is 1.49. The largest absolute Gasteiger partial charge is 0.356 e. The van der Waals surface area contributed by atoms with Crippen LogP contribution in [0.1, 0.15) is 33.3 Å². The Morgan fingerprint density at radius 2 is 2.05 bits per heavy atom. The summed E-state index contributed by atoms with van der Waals surface area (Å²) in [5, 5.41) is 0. The quantitative estimate of drug-likeness (QED) is 0.857. The molecule has 0 saturated carbocycles. The number of ketones is 1. The third-order valence-electron chi connectivity index (χ3n) is 3.08. The maximum absolute atomic E-state index is 13.7. The summed E-state index contributed by atoms with van der Waals surface area (Å²) in [5.41, 5.74) is 1.16. The van der Waals surface area contributed by atoms with Crippen molar-refractivity contribution >= 4 is 27.6 Å². The molecule has 0 spiro atoms. The number of carbonyl (C=O) groups is 2. The number of amides is 1. The summed E-state index contributed by atoms with van der Waals surface area (Å²) >= 11 is 3.27. The van der Waals surface area contributed by atoms with Gasteiger partial charge in [-0.25, -0.2) is 4.39 Å². The molecule has 1 aromatic carbocycles. The zero-order valence-electron chi connectivity index (χ0n) is 11.6. The number of aromatic nitrogens is 1. The van der Waals surface area contributed by atoms with E-state index >= 15 is 0 Å². The van der Waals surface area contributed by atoms with Crippen LogP contribution in [0.2, 0.25) is 0 Å². The smallest absolute Gasteiger partial charge is 0.270 e. The molecular weight excluding hydrogens is 339 g/mol. The fourth-order valence-electron chi connectivity index (χ4n) is 1.92. The van der Waals surface area contributed by atoms with Gasteiger partial charge in [0.05, 0.1) is 0 Å². The summed E-state index contributed by atoms with van der Waals surface area (Å²) in [7, 11) is 1.58. The van der Waals surface area contributed by atoms with Crippen molar-refractivity contribution in [3.63, 3.8) is 0 Å². The third kappa shape index (κ3) is 3.58. The minimum absolute atomic E-state index is 0.119. The first-order chi connectivity index (χ1) is 9.88. The first-order valence-electron chi connectivity index (χ1n) is 6.27. The van der Waals surface area contributed by atoms with Crippen molar-refractivity contribution in [2.45, 2.75) is 13.5 Å². The van der Waals surface area contributed by atoms with E-state index in [1.807, 2.05) is 0 Å². The van der Waals surface area contributed by atoms with Gasteiger partial charge in [-0.1, -0.05) is 15.9 Å². The highest BCUT2D eigenvalue weighted by atomic mass is 79.9. The number of hydrogen-bond acceptors (Lipinski definition) is 2. The molecule has 21 heavy (non-hydrogen) atoms. The average molecular weight is 353 g/mol. The Morgan fingerprint density at radius 1 is 1.33 bits per heavy atom. The third-order valence-corrected chi connectivity index (χ3v) is 3.58. The van der Waals surface area contributed by atoms with Gasteiger partial charge in [-0.3, -0.25) is 9.59 Å². The summed E-state index contributed by atoms with van der Waals surface area (Å²) in [4.78, 5) is 27.6. The van der Waals surface area contributed by atoms with Gasteiger partial charge in [0.15, 0.2) is 5.78 Å². The van der Waals surface area contributed by atoms with Crippen molar-refractivity contribution in [1.82, 2.24) is 9.88 Å². The van der Waals surface area contributed by atoms with Gasteiger partial charge in [0.2, 0.25) is 0 Å². The lowest BCUT2D eigenvalue weighted by molar-refractivity contribution is 0.0778. The first kappa shape index (κ1) is 15.4. The molecule has 1 N–H and O–H groups in total. The molecule has 1 aromatic heterocycles. The molecule has 2 rings (SSSR count). The number of nitrogens with zero attached hydrogens (tertiary/aromatic N) is 1. The highest BCUT2D eigenvalue weighted by molar-refractivity contribution is 9.10. The van der Waals surface area contributed by atoms with E-state index < -0.39 is 0 Å². The van der Waals surface area contributed by atoms with Gasteiger partial charge in [-0.2, -0.15) is 0 Å². The van der Waals surface area contributed by atoms with Crippen LogP contribution >= 0.6 is 15.9 Å². The number of benzene rings is 1. The Labute approximate surface area is 130 Å². The van der Waals surface area contributed by atoms with Crippen LogP contribution in [0.5, 0.6) is 0 Å². The van der Waals surface area contributed by atoms with Gasteiger partial charge >= 0.3 is 0 Å². The van der Waals surface area contributed by atoms with Crippen molar-refractivity contribution in [3.05, 3.63) is 57.6 Å². The number of hydrogen-bond donors (Lipinski definition) is 1. The molecule has 110 valence electrons. The molecule has 1 amide bonds. The van der Waals surface area contributed by atoms with Crippen LogP contribution in [0, 0.1) is 5.82 Å². The van der Waals surface area contributed by atoms with Crippen molar-refractivity contribution in [2.75, 3.05) is 7.05 Å². The van der Waals surface area contributed by atoms with E-state index in [1.165, 1.54) is 30.2 Å². The minimum atomic E-state index is -0.367. The second-order valence-corrected chi connectivity index (χ2v) is 5.67. The monoisotopic (exact) mass is 352 g/mol. The zero-order chi connectivity index (χ0) is 15.6. The van der Waals surface area contributed by atoms with Crippen LogP contribution < -0.4 is 0 Å². The lowest BCUT2D eigenvalue weighted by Crippen LogP contribution is -2.26. The van der Waals surface area contributed by atoms with Gasteiger partial charge in [-0.05, 0) is 31.2 Å². The van der Waals surface area contributed by atoms with E-state index in [-0.39, 0.29) is 24.1 Å². The summed E-state index contributed by atoms with van der Waals surface area (Å²) < 4.78 is 14.4. The number of H-pyrrole nitrogens is 1. The predicted octanol–water partition coefficient (Wildman–Crippen LogP) is 3.39. The van der Waals surface area contributed by atoms with Gasteiger partial charge in [-0.15, -0.1) is 0 Å². The van der Waals surface area contributed by atoms with Crippen molar-refractivity contribution in [2.24, 2.45) is 0 Å². The molecule has 2 aromatic rings. The normalized spacial score (nSPS) is 10.5. The van der Waals surface area contributed by atoms with Crippen LogP contribution in [0.4, 0.5) is 4.39 Å². The number of rotatable bonds is 4. The molecule has 0 fully saturated rings. The van der Waals surface area contributed by atoms with Gasteiger partial charge in [0.25, 0.3) is 5.91 Å². The van der Waals surface area contributed by atoms with E-state index in [9.17, 15) is 14.0 Å². The van der Waals surface area contributed by atoms with Crippen LogP contribution in [0.3, 0.4) is 0 Å². The molecular formula is C15H14BrFN2O2. The van der Waals surface area contributed by atoms with E-state index in [0.29, 0.717) is 16.8 Å². The summed E-state index contributed by atoms with van der Waals surface area (Å²) in [5.74, 6) is -0.790.